The molecule has 0 unspecified atom stereocenters. The van der Waals surface area contributed by atoms with Crippen LogP contribution in [0.25, 0.3) is 0 Å². The van der Waals surface area contributed by atoms with Gasteiger partial charge in [-0.15, -0.1) is 6.58 Å². The van der Waals surface area contributed by atoms with Crippen molar-refractivity contribution < 1.29 is 23.8 Å². The summed E-state index contributed by atoms with van der Waals surface area (Å²) >= 11 is 0. The molecule has 0 heterocycles. The average Bonchev–Trinajstić information content (AvgIpc) is 2.71. The Hall–Kier alpha value is -3.79. The number of rotatable bonds is 9. The molecule has 0 radical (unpaired) electrons. The maximum atomic E-state index is 11.9. The smallest absolute Gasteiger partial charge is 0.344 e. The molecule has 0 saturated carbocycles. The van der Waals surface area contributed by atoms with E-state index in [-0.39, 0.29) is 6.61 Å². The first kappa shape index (κ1) is 20.5. The highest BCUT2D eigenvalue weighted by Crippen LogP contribution is 2.28. The van der Waals surface area contributed by atoms with Crippen molar-refractivity contribution in [1.82, 2.24) is 0 Å². The fourth-order valence-electron chi connectivity index (χ4n) is 2.31. The van der Waals surface area contributed by atoms with Gasteiger partial charge in [0.25, 0.3) is 5.91 Å². The van der Waals surface area contributed by atoms with Crippen molar-refractivity contribution >= 4 is 17.6 Å². The summed E-state index contributed by atoms with van der Waals surface area (Å²) in [6, 6.07) is 13.7. The van der Waals surface area contributed by atoms with Gasteiger partial charge in [0.1, 0.15) is 0 Å². The Morgan fingerprint density at radius 2 is 2.00 bits per heavy atom. The van der Waals surface area contributed by atoms with Crippen LogP contribution in [0, 0.1) is 11.3 Å². The summed E-state index contributed by atoms with van der Waals surface area (Å²) in [5, 5.41) is 11.4. The van der Waals surface area contributed by atoms with Gasteiger partial charge < -0.3 is 19.5 Å². The third-order valence-electron chi connectivity index (χ3n) is 3.59. The minimum Gasteiger partial charge on any atom is -0.493 e. The van der Waals surface area contributed by atoms with Crippen LogP contribution in [0.1, 0.15) is 11.1 Å². The topological polar surface area (TPSA) is 97.6 Å². The van der Waals surface area contributed by atoms with Gasteiger partial charge in [-0.3, -0.25) is 4.79 Å². The van der Waals surface area contributed by atoms with E-state index in [1.807, 2.05) is 12.1 Å². The summed E-state index contributed by atoms with van der Waals surface area (Å²) in [6.07, 6.45) is 2.46. The van der Waals surface area contributed by atoms with Crippen molar-refractivity contribution in [3.63, 3.8) is 0 Å². The van der Waals surface area contributed by atoms with Crippen LogP contribution in [-0.2, 0) is 20.7 Å². The van der Waals surface area contributed by atoms with Gasteiger partial charge >= 0.3 is 5.97 Å². The molecule has 0 atom stereocenters. The monoisotopic (exact) mass is 380 g/mol. The second kappa shape index (κ2) is 10.4. The second-order valence-electron chi connectivity index (χ2n) is 5.67. The maximum absolute atomic E-state index is 11.9. The van der Waals surface area contributed by atoms with Crippen LogP contribution in [-0.4, -0.2) is 32.2 Å². The molecule has 28 heavy (non-hydrogen) atoms. The summed E-state index contributed by atoms with van der Waals surface area (Å²) in [7, 11) is 1.50. The van der Waals surface area contributed by atoms with Crippen molar-refractivity contribution in [2.24, 2.45) is 0 Å². The van der Waals surface area contributed by atoms with Gasteiger partial charge in [-0.05, 0) is 42.3 Å². The number of nitrogens with one attached hydrogen (secondary N) is 1. The van der Waals surface area contributed by atoms with Gasteiger partial charge in [0.15, 0.2) is 24.7 Å². The van der Waals surface area contributed by atoms with Gasteiger partial charge in [0, 0.05) is 5.69 Å². The van der Waals surface area contributed by atoms with Crippen LogP contribution in [0.15, 0.2) is 55.1 Å². The predicted octanol–water partition coefficient (Wildman–Crippen LogP) is 2.86. The number of benzene rings is 2. The Morgan fingerprint density at radius 3 is 2.71 bits per heavy atom. The van der Waals surface area contributed by atoms with Crippen molar-refractivity contribution in [2.45, 2.75) is 6.42 Å². The molecule has 0 saturated heterocycles. The van der Waals surface area contributed by atoms with E-state index in [9.17, 15) is 9.59 Å². The molecule has 0 aliphatic heterocycles. The van der Waals surface area contributed by atoms with Crippen LogP contribution < -0.4 is 14.8 Å². The number of hydrogen-bond acceptors (Lipinski definition) is 6. The van der Waals surface area contributed by atoms with Gasteiger partial charge in [-0.1, -0.05) is 18.2 Å². The van der Waals surface area contributed by atoms with Crippen molar-refractivity contribution in [3.05, 3.63) is 66.2 Å². The average molecular weight is 380 g/mol. The highest BCUT2D eigenvalue weighted by atomic mass is 16.6. The number of methoxy groups -OCH3 is 1. The highest BCUT2D eigenvalue weighted by molar-refractivity contribution is 5.93. The normalized spacial score (nSPS) is 9.71. The second-order valence-corrected chi connectivity index (χ2v) is 5.67. The molecule has 0 aromatic heterocycles. The molecule has 144 valence electrons. The molecule has 1 N–H and O–H groups in total. The fourth-order valence-corrected chi connectivity index (χ4v) is 2.31. The zero-order valence-electron chi connectivity index (χ0n) is 15.4. The first-order valence-electron chi connectivity index (χ1n) is 8.42. The summed E-state index contributed by atoms with van der Waals surface area (Å²) in [5.41, 5.74) is 1.86. The lowest BCUT2D eigenvalue weighted by molar-refractivity contribution is -0.149. The Balaban J connectivity index is 1.81. The van der Waals surface area contributed by atoms with E-state index in [1.165, 1.54) is 13.2 Å². The molecule has 0 aliphatic rings. The Labute approximate surface area is 163 Å². The third-order valence-corrected chi connectivity index (χ3v) is 3.59. The quantitative estimate of drug-likeness (QED) is 0.531. The Kier molecular flexibility index (Phi) is 7.61. The molecular formula is C21H20N2O5. The Morgan fingerprint density at radius 1 is 1.18 bits per heavy atom. The number of ether oxygens (including phenoxy) is 3. The van der Waals surface area contributed by atoms with E-state index in [2.05, 4.69) is 11.9 Å². The summed E-state index contributed by atoms with van der Waals surface area (Å²) in [5.74, 6) is -0.333. The first-order chi connectivity index (χ1) is 13.5. The molecule has 1 amide bonds. The number of carbonyl (C=O) groups excluding carboxylic acids is 2. The van der Waals surface area contributed by atoms with Crippen molar-refractivity contribution in [3.8, 4) is 17.6 Å². The fraction of sp³-hybridized carbons (Fsp3) is 0.190. The zero-order valence-corrected chi connectivity index (χ0v) is 15.4. The maximum Gasteiger partial charge on any atom is 0.344 e. The SMILES string of the molecule is C=CCc1ccc(OCC(=O)OCC(=O)Nc2cccc(C#N)c2)c(OC)c1. The van der Waals surface area contributed by atoms with E-state index in [1.54, 1.807) is 36.4 Å². The van der Waals surface area contributed by atoms with Crippen LogP contribution in [0.5, 0.6) is 11.5 Å². The van der Waals surface area contributed by atoms with Gasteiger partial charge in [-0.2, -0.15) is 5.26 Å². The third kappa shape index (κ3) is 6.18. The molecule has 2 aromatic carbocycles. The van der Waals surface area contributed by atoms with E-state index in [4.69, 9.17) is 19.5 Å². The molecule has 0 fully saturated rings. The van der Waals surface area contributed by atoms with Crippen molar-refractivity contribution in [1.29, 1.82) is 5.26 Å². The van der Waals surface area contributed by atoms with Crippen LogP contribution >= 0.6 is 0 Å². The number of esters is 1. The highest BCUT2D eigenvalue weighted by Gasteiger charge is 2.11. The molecule has 0 aliphatic carbocycles. The summed E-state index contributed by atoms with van der Waals surface area (Å²) in [6.45, 7) is 2.85. The lowest BCUT2D eigenvalue weighted by atomic mass is 10.1. The predicted molar refractivity (Wildman–Crippen MR) is 103 cm³/mol. The van der Waals surface area contributed by atoms with E-state index in [0.29, 0.717) is 29.2 Å². The number of allylic oxidation sites excluding steroid dienone is 1. The summed E-state index contributed by atoms with van der Waals surface area (Å²) < 4.78 is 15.6. The van der Waals surface area contributed by atoms with Crippen LogP contribution in [0.3, 0.4) is 0 Å². The lowest BCUT2D eigenvalue weighted by Crippen LogP contribution is -2.23. The van der Waals surface area contributed by atoms with Gasteiger partial charge in [-0.25, -0.2) is 4.79 Å². The molecule has 7 heteroatoms. The Bertz CT molecular complexity index is 902. The number of nitrogens with zero attached hydrogens (tertiary/aromatic N) is 1. The minimum absolute atomic E-state index is 0.367. The number of carbonyl (C=O) groups is 2. The number of amides is 1. The molecule has 0 spiro atoms. The van der Waals surface area contributed by atoms with Crippen molar-refractivity contribution in [2.75, 3.05) is 25.6 Å². The van der Waals surface area contributed by atoms with Crippen LogP contribution in [0.2, 0.25) is 0 Å². The molecule has 2 aromatic rings. The molecule has 2 rings (SSSR count). The van der Waals surface area contributed by atoms with Crippen LogP contribution in [0.4, 0.5) is 5.69 Å². The minimum atomic E-state index is -0.696. The molecule has 0 bridgehead atoms. The number of anilines is 1. The standard InChI is InChI=1S/C21H20N2O5/c1-3-5-15-8-9-18(19(11-15)26-2)27-14-21(25)28-13-20(24)23-17-7-4-6-16(10-17)12-22/h3-4,6-11H,1,5,13-14H2,2H3,(H,23,24). The van der Waals surface area contributed by atoms with Gasteiger partial charge in [0.2, 0.25) is 0 Å². The lowest BCUT2D eigenvalue weighted by Gasteiger charge is -2.12. The first-order valence-corrected chi connectivity index (χ1v) is 8.42. The number of nitriles is 1. The molecule has 7 nitrogen and oxygen atoms in total. The molecular weight excluding hydrogens is 360 g/mol. The zero-order chi connectivity index (χ0) is 20.4. The number of hydrogen-bond donors (Lipinski definition) is 1. The summed E-state index contributed by atoms with van der Waals surface area (Å²) in [4.78, 5) is 23.7. The van der Waals surface area contributed by atoms with E-state index >= 15 is 0 Å². The van der Waals surface area contributed by atoms with Gasteiger partial charge in [0.05, 0.1) is 18.7 Å². The van der Waals surface area contributed by atoms with E-state index < -0.39 is 18.5 Å². The van der Waals surface area contributed by atoms with E-state index in [0.717, 1.165) is 5.56 Å². The largest absolute Gasteiger partial charge is 0.493 e.